The van der Waals surface area contributed by atoms with E-state index in [1.165, 1.54) is 0 Å². The number of nitrogens with one attached hydrogen (secondary N) is 1. The molecule has 1 saturated carbocycles. The number of benzene rings is 1. The Hall–Kier alpha value is -1.30. The first kappa shape index (κ1) is 16.2. The van der Waals surface area contributed by atoms with Crippen molar-refractivity contribution < 1.29 is 9.90 Å². The van der Waals surface area contributed by atoms with Crippen molar-refractivity contribution in [1.29, 1.82) is 0 Å². The first-order chi connectivity index (χ1) is 11.6. The Morgan fingerprint density at radius 3 is 2.75 bits per heavy atom. The van der Waals surface area contributed by atoms with E-state index in [-0.39, 0.29) is 47.1 Å². The molecular weight excluding hydrogens is 320 g/mol. The number of amides is 1. The van der Waals surface area contributed by atoms with E-state index in [0.29, 0.717) is 0 Å². The predicted molar refractivity (Wildman–Crippen MR) is 96.5 cm³/mol. The number of allylic oxidation sites excluding steroid dienone is 1. The standard InChI is InChI=1S/C19H24N2O2S/c1-10(20)11-2-4-12(5-3-11)16-15(22)7-6-14-17(16)13-8-9-24-18(13)19(23)21-14/h2-5,8-10,13-18,22H,6-7,20H2,1H3,(H,21,23)/t10-,13?,14?,15?,16?,17?,18?/m1/s1. The van der Waals surface area contributed by atoms with E-state index in [9.17, 15) is 9.90 Å². The van der Waals surface area contributed by atoms with Gasteiger partial charge in [-0.1, -0.05) is 30.3 Å². The fraction of sp³-hybridized carbons (Fsp3) is 0.526. The molecule has 4 rings (SSSR count). The maximum atomic E-state index is 12.3. The third-order valence-corrected chi connectivity index (χ3v) is 6.96. The van der Waals surface area contributed by atoms with E-state index in [0.717, 1.165) is 24.0 Å². The lowest BCUT2D eigenvalue weighted by molar-refractivity contribution is -0.126. The van der Waals surface area contributed by atoms with Gasteiger partial charge in [0.05, 0.1) is 11.4 Å². The van der Waals surface area contributed by atoms with Crippen LogP contribution in [0.1, 0.15) is 42.9 Å². The molecule has 128 valence electrons. The number of rotatable bonds is 2. The molecule has 5 heteroatoms. The van der Waals surface area contributed by atoms with Gasteiger partial charge in [0.1, 0.15) is 0 Å². The smallest absolute Gasteiger partial charge is 0.234 e. The van der Waals surface area contributed by atoms with Crippen molar-refractivity contribution in [1.82, 2.24) is 5.32 Å². The minimum Gasteiger partial charge on any atom is -0.392 e. The highest BCUT2D eigenvalue weighted by molar-refractivity contribution is 8.03. The number of carbonyl (C=O) groups excluding carboxylic acids is 1. The lowest BCUT2D eigenvalue weighted by Gasteiger charge is -2.48. The average Bonchev–Trinajstić information content (AvgIpc) is 3.06. The van der Waals surface area contributed by atoms with E-state index in [4.69, 9.17) is 5.73 Å². The van der Waals surface area contributed by atoms with Crippen LogP contribution in [0.4, 0.5) is 0 Å². The van der Waals surface area contributed by atoms with Gasteiger partial charge in [0.2, 0.25) is 5.91 Å². The highest BCUT2D eigenvalue weighted by Gasteiger charge is 2.51. The Bertz CT molecular complexity index is 658. The summed E-state index contributed by atoms with van der Waals surface area (Å²) in [6.45, 7) is 1.97. The molecule has 0 spiro atoms. The summed E-state index contributed by atoms with van der Waals surface area (Å²) < 4.78 is 0. The molecule has 3 aliphatic rings. The molecule has 6 unspecified atom stereocenters. The third kappa shape index (κ3) is 2.59. The molecule has 4 N–H and O–H groups in total. The molecule has 1 amide bonds. The quantitative estimate of drug-likeness (QED) is 0.769. The van der Waals surface area contributed by atoms with Crippen molar-refractivity contribution in [2.24, 2.45) is 17.6 Å². The topological polar surface area (TPSA) is 75.3 Å². The molecule has 2 heterocycles. The van der Waals surface area contributed by atoms with Crippen LogP contribution >= 0.6 is 11.8 Å². The highest BCUT2D eigenvalue weighted by atomic mass is 32.2. The Morgan fingerprint density at radius 2 is 2.04 bits per heavy atom. The van der Waals surface area contributed by atoms with E-state index < -0.39 is 0 Å². The summed E-state index contributed by atoms with van der Waals surface area (Å²) in [6.07, 6.45) is 3.40. The zero-order chi connectivity index (χ0) is 16.8. The summed E-state index contributed by atoms with van der Waals surface area (Å²) >= 11 is 1.60. The van der Waals surface area contributed by atoms with Gasteiger partial charge in [-0.05, 0) is 42.2 Å². The van der Waals surface area contributed by atoms with Gasteiger partial charge >= 0.3 is 0 Å². The molecule has 0 radical (unpaired) electrons. The fourth-order valence-electron chi connectivity index (χ4n) is 4.62. The zero-order valence-electron chi connectivity index (χ0n) is 13.8. The Labute approximate surface area is 146 Å². The van der Waals surface area contributed by atoms with Gasteiger partial charge in [-0.15, -0.1) is 11.8 Å². The molecule has 1 aliphatic carbocycles. The van der Waals surface area contributed by atoms with E-state index >= 15 is 0 Å². The first-order valence-electron chi connectivity index (χ1n) is 8.72. The number of nitrogens with two attached hydrogens (primary N) is 1. The number of fused-ring (bicyclic) bond motifs is 3. The lowest BCUT2D eigenvalue weighted by Crippen LogP contribution is -2.59. The Kier molecular flexibility index (Phi) is 4.19. The average molecular weight is 344 g/mol. The third-order valence-electron chi connectivity index (χ3n) is 5.82. The molecule has 2 fully saturated rings. The molecule has 1 aromatic carbocycles. The van der Waals surface area contributed by atoms with Crippen molar-refractivity contribution in [3.05, 3.63) is 46.9 Å². The van der Waals surface area contributed by atoms with E-state index in [1.54, 1.807) is 11.8 Å². The van der Waals surface area contributed by atoms with Gasteiger partial charge < -0.3 is 16.2 Å². The normalized spacial score (nSPS) is 39.0. The van der Waals surface area contributed by atoms with Crippen LogP contribution in [0.15, 0.2) is 35.7 Å². The molecule has 0 aromatic heterocycles. The second-order valence-corrected chi connectivity index (χ2v) is 8.33. The molecule has 1 saturated heterocycles. The van der Waals surface area contributed by atoms with Crippen molar-refractivity contribution in [2.75, 3.05) is 0 Å². The maximum absolute atomic E-state index is 12.3. The molecule has 4 nitrogen and oxygen atoms in total. The van der Waals surface area contributed by atoms with E-state index in [2.05, 4.69) is 41.1 Å². The SMILES string of the molecule is C[C@@H](N)c1ccc(C2C(O)CCC3NC(=O)C4SC=CC4C32)cc1. The van der Waals surface area contributed by atoms with Crippen LogP contribution in [-0.4, -0.2) is 28.4 Å². The van der Waals surface area contributed by atoms with Crippen LogP contribution < -0.4 is 11.1 Å². The van der Waals surface area contributed by atoms with Gasteiger partial charge in [0.25, 0.3) is 0 Å². The van der Waals surface area contributed by atoms with Crippen LogP contribution in [0.5, 0.6) is 0 Å². The number of carbonyl (C=O) groups is 1. The summed E-state index contributed by atoms with van der Waals surface area (Å²) in [4.78, 5) is 12.3. The number of hydrogen-bond acceptors (Lipinski definition) is 4. The van der Waals surface area contributed by atoms with Gasteiger partial charge in [-0.3, -0.25) is 4.79 Å². The summed E-state index contributed by atoms with van der Waals surface area (Å²) in [7, 11) is 0. The molecule has 24 heavy (non-hydrogen) atoms. The summed E-state index contributed by atoms with van der Waals surface area (Å²) in [5, 5.41) is 16.0. The van der Waals surface area contributed by atoms with Crippen molar-refractivity contribution in [3.8, 4) is 0 Å². The summed E-state index contributed by atoms with van der Waals surface area (Å²) in [5.41, 5.74) is 8.21. The van der Waals surface area contributed by atoms with Crippen molar-refractivity contribution in [3.63, 3.8) is 0 Å². The van der Waals surface area contributed by atoms with Crippen LogP contribution in [-0.2, 0) is 4.79 Å². The van der Waals surface area contributed by atoms with Gasteiger partial charge in [-0.25, -0.2) is 0 Å². The number of aliphatic hydroxyl groups is 1. The molecule has 1 aromatic rings. The minimum absolute atomic E-state index is 0.00981. The van der Waals surface area contributed by atoms with Crippen molar-refractivity contribution >= 4 is 17.7 Å². The maximum Gasteiger partial charge on any atom is 0.234 e. The fourth-order valence-corrected chi connectivity index (χ4v) is 5.70. The van der Waals surface area contributed by atoms with Gasteiger partial charge in [-0.2, -0.15) is 0 Å². The molecular formula is C19H24N2O2S. The second-order valence-electron chi connectivity index (χ2n) is 7.28. The van der Waals surface area contributed by atoms with E-state index in [1.807, 2.05) is 6.92 Å². The number of hydrogen-bond donors (Lipinski definition) is 3. The highest BCUT2D eigenvalue weighted by Crippen LogP contribution is 2.50. The van der Waals surface area contributed by atoms with Crippen LogP contribution in [0.25, 0.3) is 0 Å². The van der Waals surface area contributed by atoms with Crippen LogP contribution in [0.2, 0.25) is 0 Å². The number of thioether (sulfide) groups is 1. The van der Waals surface area contributed by atoms with Crippen molar-refractivity contribution in [2.45, 2.75) is 49.1 Å². The lowest BCUT2D eigenvalue weighted by atomic mass is 9.63. The second kappa shape index (κ2) is 6.21. The molecule has 0 bridgehead atoms. The van der Waals surface area contributed by atoms with Crippen LogP contribution in [0.3, 0.4) is 0 Å². The Balaban J connectivity index is 1.69. The molecule has 2 aliphatic heterocycles. The minimum atomic E-state index is -0.359. The van der Waals surface area contributed by atoms with Gasteiger partial charge in [0, 0.05) is 23.9 Å². The van der Waals surface area contributed by atoms with Gasteiger partial charge in [0.15, 0.2) is 0 Å². The number of piperidine rings is 1. The largest absolute Gasteiger partial charge is 0.392 e. The summed E-state index contributed by atoms with van der Waals surface area (Å²) in [5.74, 6) is 0.673. The zero-order valence-corrected chi connectivity index (χ0v) is 14.6. The number of aliphatic hydroxyl groups excluding tert-OH is 1. The van der Waals surface area contributed by atoms with Crippen LogP contribution in [0, 0.1) is 11.8 Å². The predicted octanol–water partition coefficient (Wildman–Crippen LogP) is 2.30. The first-order valence-corrected chi connectivity index (χ1v) is 9.66. The monoisotopic (exact) mass is 344 g/mol. The molecule has 7 atom stereocenters. The summed E-state index contributed by atoms with van der Waals surface area (Å²) in [6, 6.07) is 8.50. The Morgan fingerprint density at radius 1 is 1.29 bits per heavy atom.